The van der Waals surface area contributed by atoms with Crippen molar-refractivity contribution in [3.63, 3.8) is 0 Å². The van der Waals surface area contributed by atoms with E-state index in [-0.39, 0.29) is 0 Å². The summed E-state index contributed by atoms with van der Waals surface area (Å²) in [5.74, 6) is 0.495. The van der Waals surface area contributed by atoms with Crippen molar-refractivity contribution < 1.29 is 4.79 Å². The molecule has 18 heavy (non-hydrogen) atoms. The van der Waals surface area contributed by atoms with Crippen molar-refractivity contribution in [3.05, 3.63) is 42.5 Å². The number of carbonyl (C=O) groups excluding carboxylic acids is 1. The molecule has 1 aliphatic carbocycles. The number of allylic oxidation sites excluding steroid dienone is 2. The van der Waals surface area contributed by atoms with Crippen LogP contribution >= 0.6 is 0 Å². The van der Waals surface area contributed by atoms with Crippen molar-refractivity contribution in [3.8, 4) is 0 Å². The minimum atomic E-state index is 0.298. The first-order chi connectivity index (χ1) is 8.86. The Morgan fingerprint density at radius 1 is 1.00 bits per heavy atom. The van der Waals surface area contributed by atoms with Gasteiger partial charge < -0.3 is 0 Å². The summed E-state index contributed by atoms with van der Waals surface area (Å²) in [5, 5.41) is 0. The zero-order valence-corrected chi connectivity index (χ0v) is 12.4. The van der Waals surface area contributed by atoms with Crippen LogP contribution in [-0.2, 0) is 4.79 Å². The minimum absolute atomic E-state index is 0.298. The second kappa shape index (κ2) is 7.55. The molecule has 0 N–H and O–H groups in total. The Hall–Kier alpha value is -0.851. The molecular formula is C16H20OSe. The number of benzene rings is 1. The van der Waals surface area contributed by atoms with Gasteiger partial charge in [-0.3, -0.25) is 0 Å². The summed E-state index contributed by atoms with van der Waals surface area (Å²) in [6.07, 6.45) is 10.7. The summed E-state index contributed by atoms with van der Waals surface area (Å²) in [6.45, 7) is 0. The number of hydrogen-bond acceptors (Lipinski definition) is 1. The predicted molar refractivity (Wildman–Crippen MR) is 77.4 cm³/mol. The molecule has 0 saturated heterocycles. The molecule has 0 amide bonds. The van der Waals surface area contributed by atoms with Crippen molar-refractivity contribution >= 4 is 25.2 Å². The normalized spacial score (nSPS) is 23.6. The summed E-state index contributed by atoms with van der Waals surface area (Å²) in [6, 6.07) is 10.5. The van der Waals surface area contributed by atoms with Gasteiger partial charge in [0.05, 0.1) is 0 Å². The number of carbonyl (C=O) groups is 1. The third-order valence-corrected chi connectivity index (χ3v) is 5.96. The molecule has 96 valence electrons. The molecule has 1 aromatic carbocycles. The number of rotatable bonds is 2. The van der Waals surface area contributed by atoms with Gasteiger partial charge >= 0.3 is 116 Å². The molecule has 1 atom stereocenters. The van der Waals surface area contributed by atoms with E-state index in [4.69, 9.17) is 0 Å². The Balaban J connectivity index is 1.99. The van der Waals surface area contributed by atoms with Crippen molar-refractivity contribution in [1.82, 2.24) is 0 Å². The average Bonchev–Trinajstić information content (AvgIpc) is 2.41. The molecule has 0 heterocycles. The van der Waals surface area contributed by atoms with Crippen LogP contribution in [0.3, 0.4) is 0 Å². The second-order valence-electron chi connectivity index (χ2n) is 4.68. The van der Waals surface area contributed by atoms with Crippen LogP contribution < -0.4 is 4.46 Å². The number of ketones is 1. The van der Waals surface area contributed by atoms with E-state index < -0.39 is 0 Å². The van der Waals surface area contributed by atoms with E-state index in [1.165, 1.54) is 4.46 Å². The maximum absolute atomic E-state index is 12.2. The summed E-state index contributed by atoms with van der Waals surface area (Å²) in [7, 11) is 0. The Morgan fingerprint density at radius 3 is 2.50 bits per heavy atom. The Bertz CT molecular complexity index is 397. The van der Waals surface area contributed by atoms with Gasteiger partial charge in [-0.05, 0) is 0 Å². The first-order valence-electron chi connectivity index (χ1n) is 6.75. The summed E-state index contributed by atoms with van der Waals surface area (Å²) < 4.78 is 1.36. The SMILES string of the molecule is O=C1CCC/C=C/CCCC1[Se]c1ccccc1. The predicted octanol–water partition coefficient (Wildman–Crippen LogP) is 3.28. The Morgan fingerprint density at radius 2 is 1.72 bits per heavy atom. The van der Waals surface area contributed by atoms with E-state index >= 15 is 0 Å². The van der Waals surface area contributed by atoms with Crippen LogP contribution in [-0.4, -0.2) is 20.7 Å². The molecule has 1 aromatic rings. The van der Waals surface area contributed by atoms with Crippen molar-refractivity contribution in [2.24, 2.45) is 0 Å². The van der Waals surface area contributed by atoms with Gasteiger partial charge in [0.1, 0.15) is 0 Å². The summed E-state index contributed by atoms with van der Waals surface area (Å²) in [4.78, 5) is 12.5. The Labute approximate surface area is 116 Å². The zero-order chi connectivity index (χ0) is 12.6. The van der Waals surface area contributed by atoms with Crippen molar-refractivity contribution in [1.29, 1.82) is 0 Å². The van der Waals surface area contributed by atoms with Crippen LogP contribution in [0, 0.1) is 0 Å². The molecule has 0 bridgehead atoms. The van der Waals surface area contributed by atoms with E-state index in [2.05, 4.69) is 36.4 Å². The molecule has 2 rings (SSSR count). The fourth-order valence-corrected chi connectivity index (χ4v) is 4.63. The molecule has 1 unspecified atom stereocenters. The van der Waals surface area contributed by atoms with E-state index in [9.17, 15) is 4.79 Å². The van der Waals surface area contributed by atoms with Gasteiger partial charge in [0, 0.05) is 0 Å². The molecule has 1 aliphatic rings. The fraction of sp³-hybridized carbons (Fsp3) is 0.438. The molecule has 2 heteroatoms. The van der Waals surface area contributed by atoms with Crippen LogP contribution in [0.15, 0.2) is 42.5 Å². The van der Waals surface area contributed by atoms with Gasteiger partial charge in [-0.2, -0.15) is 0 Å². The fourth-order valence-electron chi connectivity index (χ4n) is 2.16. The average molecular weight is 307 g/mol. The first-order valence-corrected chi connectivity index (χ1v) is 8.60. The molecule has 0 radical (unpaired) electrons. The zero-order valence-electron chi connectivity index (χ0n) is 10.7. The molecule has 1 nitrogen and oxygen atoms in total. The van der Waals surface area contributed by atoms with Crippen LogP contribution in [0.1, 0.15) is 38.5 Å². The van der Waals surface area contributed by atoms with Crippen LogP contribution in [0.4, 0.5) is 0 Å². The summed E-state index contributed by atoms with van der Waals surface area (Å²) >= 11 is 0.307. The van der Waals surface area contributed by atoms with E-state index in [1.807, 2.05) is 6.07 Å². The van der Waals surface area contributed by atoms with Gasteiger partial charge in [0.25, 0.3) is 0 Å². The van der Waals surface area contributed by atoms with Crippen LogP contribution in [0.2, 0.25) is 4.82 Å². The van der Waals surface area contributed by atoms with Gasteiger partial charge in [0.2, 0.25) is 0 Å². The topological polar surface area (TPSA) is 17.1 Å². The number of Topliss-reactive ketones (excluding diaryl/α,β-unsaturated/α-hetero) is 1. The van der Waals surface area contributed by atoms with Crippen molar-refractivity contribution in [2.45, 2.75) is 43.3 Å². The van der Waals surface area contributed by atoms with Gasteiger partial charge in [-0.25, -0.2) is 0 Å². The summed E-state index contributed by atoms with van der Waals surface area (Å²) in [5.41, 5.74) is 0. The van der Waals surface area contributed by atoms with Crippen LogP contribution in [0.25, 0.3) is 0 Å². The molecule has 0 aliphatic heterocycles. The number of hydrogen-bond donors (Lipinski definition) is 0. The third-order valence-electron chi connectivity index (χ3n) is 3.18. The van der Waals surface area contributed by atoms with E-state index in [1.54, 1.807) is 0 Å². The quantitative estimate of drug-likeness (QED) is 0.605. The van der Waals surface area contributed by atoms with Gasteiger partial charge in [0.15, 0.2) is 0 Å². The molecular weight excluding hydrogens is 287 g/mol. The first kappa shape index (κ1) is 13.6. The Kier molecular flexibility index (Phi) is 5.70. The molecule has 0 fully saturated rings. The third kappa shape index (κ3) is 4.44. The maximum atomic E-state index is 12.2. The standard InChI is InChI=1S/C16H20OSe/c17-15-12-8-3-1-2-4-9-13-16(15)18-14-10-6-5-7-11-14/h1-2,5-7,10-11,16H,3-4,8-9,12-13H2/b2-1+. The molecule has 0 spiro atoms. The van der Waals surface area contributed by atoms with Crippen LogP contribution in [0.5, 0.6) is 0 Å². The van der Waals surface area contributed by atoms with Crippen molar-refractivity contribution in [2.75, 3.05) is 0 Å². The van der Waals surface area contributed by atoms with E-state index in [0.717, 1.165) is 38.5 Å². The van der Waals surface area contributed by atoms with Gasteiger partial charge in [-0.1, -0.05) is 0 Å². The molecule has 0 saturated carbocycles. The van der Waals surface area contributed by atoms with E-state index in [0.29, 0.717) is 25.6 Å². The second-order valence-corrected chi connectivity index (χ2v) is 7.36. The molecule has 0 aromatic heterocycles. The van der Waals surface area contributed by atoms with Gasteiger partial charge in [-0.15, -0.1) is 0 Å². The monoisotopic (exact) mass is 308 g/mol.